The number of rotatable bonds is 4. The van der Waals surface area contributed by atoms with E-state index in [1.165, 1.54) is 12.8 Å². The molecule has 1 heterocycles. The van der Waals surface area contributed by atoms with Crippen LogP contribution in [0, 0.1) is 0 Å². The Labute approximate surface area is 141 Å². The first-order valence-electron chi connectivity index (χ1n) is 6.84. The number of aromatic nitrogens is 2. The SMILES string of the molecule is CN(C(N)=NCc1ccccc1-n1ccnc1)C1CC1.I. The molecule has 0 aliphatic heterocycles. The zero-order valence-electron chi connectivity index (χ0n) is 12.0. The number of imidazole rings is 1. The molecule has 21 heavy (non-hydrogen) atoms. The lowest BCUT2D eigenvalue weighted by Crippen LogP contribution is -2.35. The summed E-state index contributed by atoms with van der Waals surface area (Å²) in [5.74, 6) is 0.618. The van der Waals surface area contributed by atoms with Gasteiger partial charge in [0.1, 0.15) is 0 Å². The number of nitrogens with two attached hydrogens (primary N) is 1. The van der Waals surface area contributed by atoms with Crippen LogP contribution in [0.5, 0.6) is 0 Å². The van der Waals surface area contributed by atoms with Crippen LogP contribution in [0.4, 0.5) is 0 Å². The van der Waals surface area contributed by atoms with Crippen molar-refractivity contribution >= 4 is 29.9 Å². The number of halogens is 1. The number of aliphatic imine (C=N–C) groups is 1. The quantitative estimate of drug-likeness (QED) is 0.490. The molecule has 1 aliphatic rings. The number of guanidine groups is 1. The van der Waals surface area contributed by atoms with Gasteiger partial charge in [0.25, 0.3) is 0 Å². The fourth-order valence-corrected chi connectivity index (χ4v) is 2.22. The molecule has 0 bridgehead atoms. The highest BCUT2D eigenvalue weighted by Gasteiger charge is 2.27. The molecule has 2 N–H and O–H groups in total. The zero-order valence-corrected chi connectivity index (χ0v) is 14.3. The Balaban J connectivity index is 0.00000161. The number of para-hydroxylation sites is 1. The number of nitrogens with zero attached hydrogens (tertiary/aromatic N) is 4. The van der Waals surface area contributed by atoms with E-state index < -0.39 is 0 Å². The fourth-order valence-electron chi connectivity index (χ4n) is 2.22. The molecule has 1 saturated carbocycles. The van der Waals surface area contributed by atoms with Crippen molar-refractivity contribution in [2.24, 2.45) is 10.7 Å². The van der Waals surface area contributed by atoms with Gasteiger partial charge in [-0.15, -0.1) is 24.0 Å². The molecule has 2 aromatic rings. The van der Waals surface area contributed by atoms with Gasteiger partial charge in [-0.3, -0.25) is 0 Å². The number of hydrogen-bond donors (Lipinski definition) is 1. The maximum Gasteiger partial charge on any atom is 0.191 e. The molecule has 0 unspecified atom stereocenters. The fraction of sp³-hybridized carbons (Fsp3) is 0.333. The summed E-state index contributed by atoms with van der Waals surface area (Å²) in [7, 11) is 2.01. The van der Waals surface area contributed by atoms with Crippen LogP contribution in [-0.2, 0) is 6.54 Å². The van der Waals surface area contributed by atoms with Crippen LogP contribution in [0.25, 0.3) is 5.69 Å². The Morgan fingerprint density at radius 3 is 2.86 bits per heavy atom. The molecule has 0 spiro atoms. The van der Waals surface area contributed by atoms with Gasteiger partial charge >= 0.3 is 0 Å². The molecule has 0 radical (unpaired) electrons. The standard InChI is InChI=1S/C15H19N5.HI/c1-19(13-6-7-13)15(16)18-10-12-4-2-3-5-14(12)20-9-8-17-11-20;/h2-5,8-9,11,13H,6-7,10H2,1H3,(H2,16,18);1H. The van der Waals surface area contributed by atoms with Gasteiger partial charge in [0, 0.05) is 25.5 Å². The second-order valence-electron chi connectivity index (χ2n) is 5.12. The molecule has 0 saturated heterocycles. The molecule has 0 atom stereocenters. The van der Waals surface area contributed by atoms with Gasteiger partial charge in [-0.1, -0.05) is 18.2 Å². The van der Waals surface area contributed by atoms with Gasteiger partial charge in [-0.2, -0.15) is 0 Å². The van der Waals surface area contributed by atoms with Crippen molar-refractivity contribution in [3.8, 4) is 5.69 Å². The average molecular weight is 397 g/mol. The molecular formula is C15H20IN5. The third-order valence-electron chi connectivity index (χ3n) is 3.64. The molecule has 6 heteroatoms. The van der Waals surface area contributed by atoms with Crippen LogP contribution in [-0.4, -0.2) is 33.5 Å². The summed E-state index contributed by atoms with van der Waals surface area (Å²) in [6.07, 6.45) is 7.94. The van der Waals surface area contributed by atoms with Crippen molar-refractivity contribution in [3.63, 3.8) is 0 Å². The minimum atomic E-state index is 0. The normalized spacial score (nSPS) is 14.6. The second-order valence-corrected chi connectivity index (χ2v) is 5.12. The summed E-state index contributed by atoms with van der Waals surface area (Å²) >= 11 is 0. The highest BCUT2D eigenvalue weighted by Crippen LogP contribution is 2.25. The van der Waals surface area contributed by atoms with Gasteiger partial charge in [0.2, 0.25) is 0 Å². The Bertz CT molecular complexity index is 604. The lowest BCUT2D eigenvalue weighted by Gasteiger charge is -2.17. The first-order chi connectivity index (χ1) is 9.75. The van der Waals surface area contributed by atoms with E-state index in [9.17, 15) is 0 Å². The Morgan fingerprint density at radius 1 is 1.43 bits per heavy atom. The van der Waals surface area contributed by atoms with Crippen LogP contribution < -0.4 is 5.73 Å². The summed E-state index contributed by atoms with van der Waals surface area (Å²) in [5.41, 5.74) is 8.26. The minimum Gasteiger partial charge on any atom is -0.370 e. The monoisotopic (exact) mass is 397 g/mol. The van der Waals surface area contributed by atoms with Crippen LogP contribution in [0.3, 0.4) is 0 Å². The first kappa shape index (κ1) is 15.8. The molecule has 5 nitrogen and oxygen atoms in total. The van der Waals surface area contributed by atoms with Crippen LogP contribution in [0.15, 0.2) is 48.0 Å². The van der Waals surface area contributed by atoms with Crippen molar-refractivity contribution < 1.29 is 0 Å². The van der Waals surface area contributed by atoms with E-state index in [1.807, 2.05) is 29.9 Å². The van der Waals surface area contributed by atoms with Crippen molar-refractivity contribution in [2.75, 3.05) is 7.05 Å². The van der Waals surface area contributed by atoms with Gasteiger partial charge in [-0.25, -0.2) is 9.98 Å². The molecular weight excluding hydrogens is 377 g/mol. The van der Waals surface area contributed by atoms with Crippen LogP contribution in [0.2, 0.25) is 0 Å². The zero-order chi connectivity index (χ0) is 13.9. The topological polar surface area (TPSA) is 59.4 Å². The Hall–Kier alpha value is -1.57. The van der Waals surface area contributed by atoms with Gasteiger partial charge in [-0.05, 0) is 24.5 Å². The average Bonchev–Trinajstić information content (AvgIpc) is 3.19. The summed E-state index contributed by atoms with van der Waals surface area (Å²) < 4.78 is 1.99. The summed E-state index contributed by atoms with van der Waals surface area (Å²) in [5, 5.41) is 0. The van der Waals surface area contributed by atoms with Crippen LogP contribution in [0.1, 0.15) is 18.4 Å². The molecule has 1 aromatic carbocycles. The number of hydrogen-bond acceptors (Lipinski definition) is 2. The Morgan fingerprint density at radius 2 is 2.19 bits per heavy atom. The summed E-state index contributed by atoms with van der Waals surface area (Å²) in [4.78, 5) is 10.7. The van der Waals surface area contributed by atoms with E-state index in [2.05, 4.69) is 27.0 Å². The summed E-state index contributed by atoms with van der Waals surface area (Å²) in [6.45, 7) is 0.581. The molecule has 1 aromatic heterocycles. The maximum atomic E-state index is 6.03. The summed E-state index contributed by atoms with van der Waals surface area (Å²) in [6, 6.07) is 8.76. The minimum absolute atomic E-state index is 0. The van der Waals surface area contributed by atoms with Crippen LogP contribution >= 0.6 is 24.0 Å². The highest BCUT2D eigenvalue weighted by atomic mass is 127. The van der Waals surface area contributed by atoms with Gasteiger partial charge in [0.05, 0.1) is 18.6 Å². The molecule has 1 aliphatic carbocycles. The Kier molecular flexibility index (Phi) is 5.22. The third kappa shape index (κ3) is 3.75. The highest BCUT2D eigenvalue weighted by molar-refractivity contribution is 14.0. The molecule has 112 valence electrons. The number of benzene rings is 1. The van der Waals surface area contributed by atoms with E-state index in [4.69, 9.17) is 5.73 Å². The first-order valence-corrected chi connectivity index (χ1v) is 6.84. The smallest absolute Gasteiger partial charge is 0.191 e. The lowest BCUT2D eigenvalue weighted by molar-refractivity contribution is 0.487. The van der Waals surface area contributed by atoms with Crippen molar-refractivity contribution in [1.29, 1.82) is 0 Å². The lowest BCUT2D eigenvalue weighted by atomic mass is 10.2. The predicted octanol–water partition coefficient (Wildman–Crippen LogP) is 2.40. The maximum absolute atomic E-state index is 6.03. The van der Waals surface area contributed by atoms with E-state index in [0.29, 0.717) is 18.5 Å². The molecule has 1 fully saturated rings. The molecule has 3 rings (SSSR count). The van der Waals surface area contributed by atoms with E-state index in [1.54, 1.807) is 12.5 Å². The largest absolute Gasteiger partial charge is 0.370 e. The van der Waals surface area contributed by atoms with Gasteiger partial charge in [0.15, 0.2) is 5.96 Å². The van der Waals surface area contributed by atoms with Gasteiger partial charge < -0.3 is 15.2 Å². The van der Waals surface area contributed by atoms with E-state index >= 15 is 0 Å². The van der Waals surface area contributed by atoms with Crippen molar-refractivity contribution in [2.45, 2.75) is 25.4 Å². The predicted molar refractivity (Wildman–Crippen MR) is 95.1 cm³/mol. The molecule has 0 amide bonds. The van der Waals surface area contributed by atoms with E-state index in [-0.39, 0.29) is 24.0 Å². The third-order valence-corrected chi connectivity index (χ3v) is 3.64. The van der Waals surface area contributed by atoms with Crippen molar-refractivity contribution in [1.82, 2.24) is 14.5 Å². The second kappa shape index (κ2) is 6.93. The van der Waals surface area contributed by atoms with E-state index in [0.717, 1.165) is 11.3 Å². The van der Waals surface area contributed by atoms with Crippen molar-refractivity contribution in [3.05, 3.63) is 48.5 Å².